The molecule has 0 unspecified atom stereocenters. The lowest BCUT2D eigenvalue weighted by Crippen LogP contribution is -1.95. The normalized spacial score (nSPS) is 10.8. The van der Waals surface area contributed by atoms with Crippen LogP contribution < -0.4 is 4.74 Å². The van der Waals surface area contributed by atoms with E-state index in [2.05, 4.69) is 11.1 Å². The van der Waals surface area contributed by atoms with Crippen molar-refractivity contribution in [3.8, 4) is 29.1 Å². The number of benzene rings is 2. The van der Waals surface area contributed by atoms with Crippen LogP contribution in [0.15, 0.2) is 53.9 Å². The van der Waals surface area contributed by atoms with Crippen molar-refractivity contribution >= 4 is 34.6 Å². The van der Waals surface area contributed by atoms with Crippen LogP contribution in [0.1, 0.15) is 10.6 Å². The molecule has 0 amide bonds. The number of allylic oxidation sites excluding steroid dienone is 1. The lowest BCUT2D eigenvalue weighted by Gasteiger charge is -2.05. The fourth-order valence-corrected chi connectivity index (χ4v) is 3.21. The Morgan fingerprint density at radius 2 is 1.92 bits per heavy atom. The molecular weight excluding hydrogens is 366 g/mol. The lowest BCUT2D eigenvalue weighted by atomic mass is 10.1. The molecule has 0 aliphatic heterocycles. The van der Waals surface area contributed by atoms with Crippen molar-refractivity contribution in [3.05, 3.63) is 69.5 Å². The van der Waals surface area contributed by atoms with Gasteiger partial charge in [0.2, 0.25) is 0 Å². The molecule has 0 N–H and O–H groups in total. The molecule has 3 aromatic rings. The van der Waals surface area contributed by atoms with Crippen LogP contribution in [0.25, 0.3) is 22.9 Å². The van der Waals surface area contributed by atoms with Crippen molar-refractivity contribution in [1.82, 2.24) is 4.98 Å². The van der Waals surface area contributed by atoms with Gasteiger partial charge in [0.05, 0.1) is 11.3 Å². The third kappa shape index (κ3) is 4.10. The fraction of sp³-hybridized carbons (Fsp3) is 0.0500. The Morgan fingerprint density at radius 1 is 1.15 bits per heavy atom. The third-order valence-corrected chi connectivity index (χ3v) is 4.63. The maximum Gasteiger partial charge on any atom is 0.174 e. The standard InChI is InChI=1S/C20H12ClN3OS/c21-17-7-5-14(6-8-17)18-13-26-20(24-18)16(12-23)11-15-3-1-2-4-19(15)25-10-9-22/h1-8,11,13H,10H2/b16-11+. The lowest BCUT2D eigenvalue weighted by molar-refractivity contribution is 0.367. The van der Waals surface area contributed by atoms with E-state index in [0.717, 1.165) is 16.8 Å². The molecule has 0 spiro atoms. The molecule has 2 aromatic carbocycles. The van der Waals surface area contributed by atoms with Crippen molar-refractivity contribution in [3.63, 3.8) is 0 Å². The minimum Gasteiger partial charge on any atom is -0.478 e. The van der Waals surface area contributed by atoms with Crippen LogP contribution >= 0.6 is 22.9 Å². The first kappa shape index (κ1) is 17.7. The molecule has 126 valence electrons. The summed E-state index contributed by atoms with van der Waals surface area (Å²) in [4.78, 5) is 4.56. The van der Waals surface area contributed by atoms with Gasteiger partial charge in [0.15, 0.2) is 6.61 Å². The quantitative estimate of drug-likeness (QED) is 0.556. The molecule has 1 aromatic heterocycles. The summed E-state index contributed by atoms with van der Waals surface area (Å²) in [5.74, 6) is 0.552. The Kier molecular flexibility index (Phi) is 5.66. The Labute approximate surface area is 160 Å². The summed E-state index contributed by atoms with van der Waals surface area (Å²) in [6, 6.07) is 18.8. The number of aromatic nitrogens is 1. The van der Waals surface area contributed by atoms with Gasteiger partial charge < -0.3 is 4.74 Å². The van der Waals surface area contributed by atoms with Gasteiger partial charge in [-0.3, -0.25) is 0 Å². The van der Waals surface area contributed by atoms with E-state index in [9.17, 15) is 5.26 Å². The van der Waals surface area contributed by atoms with Crippen LogP contribution in [0, 0.1) is 22.7 Å². The number of para-hydroxylation sites is 1. The van der Waals surface area contributed by atoms with Gasteiger partial charge in [0, 0.05) is 21.5 Å². The zero-order chi connectivity index (χ0) is 18.4. The molecule has 0 atom stereocenters. The Hall–Kier alpha value is -3.12. The van der Waals surface area contributed by atoms with Gasteiger partial charge in [0.25, 0.3) is 0 Å². The summed E-state index contributed by atoms with van der Waals surface area (Å²) in [5.41, 5.74) is 2.88. The van der Waals surface area contributed by atoms with E-state index in [1.54, 1.807) is 24.3 Å². The Morgan fingerprint density at radius 3 is 2.65 bits per heavy atom. The number of nitrogens with zero attached hydrogens (tertiary/aromatic N) is 3. The highest BCUT2D eigenvalue weighted by atomic mass is 35.5. The van der Waals surface area contributed by atoms with Gasteiger partial charge in [-0.05, 0) is 24.3 Å². The average molecular weight is 378 g/mol. The molecule has 0 aliphatic carbocycles. The zero-order valence-corrected chi connectivity index (χ0v) is 15.1. The van der Waals surface area contributed by atoms with Crippen LogP contribution in [0.4, 0.5) is 0 Å². The number of thiazole rings is 1. The second kappa shape index (κ2) is 8.31. The average Bonchev–Trinajstić information content (AvgIpc) is 3.15. The molecule has 0 bridgehead atoms. The molecule has 4 nitrogen and oxygen atoms in total. The van der Waals surface area contributed by atoms with Crippen molar-refractivity contribution in [1.29, 1.82) is 10.5 Å². The van der Waals surface area contributed by atoms with Gasteiger partial charge >= 0.3 is 0 Å². The molecule has 6 heteroatoms. The van der Waals surface area contributed by atoms with E-state index in [1.807, 2.05) is 41.8 Å². The first-order chi connectivity index (χ1) is 12.7. The summed E-state index contributed by atoms with van der Waals surface area (Å²) in [7, 11) is 0. The highest BCUT2D eigenvalue weighted by Crippen LogP contribution is 2.29. The van der Waals surface area contributed by atoms with E-state index in [4.69, 9.17) is 21.6 Å². The molecule has 0 radical (unpaired) electrons. The number of halogens is 1. The monoisotopic (exact) mass is 377 g/mol. The van der Waals surface area contributed by atoms with Gasteiger partial charge in [-0.1, -0.05) is 41.9 Å². The van der Waals surface area contributed by atoms with Crippen molar-refractivity contribution < 1.29 is 4.74 Å². The summed E-state index contributed by atoms with van der Waals surface area (Å²) in [5, 5.41) is 21.4. The van der Waals surface area contributed by atoms with Crippen LogP contribution in [0.5, 0.6) is 5.75 Å². The van der Waals surface area contributed by atoms with Gasteiger partial charge in [-0.2, -0.15) is 10.5 Å². The van der Waals surface area contributed by atoms with Crippen molar-refractivity contribution in [2.75, 3.05) is 6.61 Å². The number of nitriles is 2. The van der Waals surface area contributed by atoms with Crippen molar-refractivity contribution in [2.24, 2.45) is 0 Å². The summed E-state index contributed by atoms with van der Waals surface area (Å²) in [6.45, 7) is -0.0509. The van der Waals surface area contributed by atoms with Crippen LogP contribution in [0.3, 0.4) is 0 Å². The molecule has 0 saturated heterocycles. The van der Waals surface area contributed by atoms with Gasteiger partial charge in [-0.25, -0.2) is 4.98 Å². The van der Waals surface area contributed by atoms with Crippen LogP contribution in [-0.4, -0.2) is 11.6 Å². The predicted octanol–water partition coefficient (Wildman–Crippen LogP) is 5.43. The first-order valence-corrected chi connectivity index (χ1v) is 8.89. The van der Waals surface area contributed by atoms with Gasteiger partial charge in [-0.15, -0.1) is 11.3 Å². The molecule has 0 aliphatic rings. The Bertz CT molecular complexity index is 1030. The smallest absolute Gasteiger partial charge is 0.174 e. The summed E-state index contributed by atoms with van der Waals surface area (Å²) >= 11 is 7.31. The van der Waals surface area contributed by atoms with E-state index in [0.29, 0.717) is 21.4 Å². The maximum absolute atomic E-state index is 9.56. The minimum atomic E-state index is -0.0509. The second-order valence-electron chi connectivity index (χ2n) is 5.20. The van der Waals surface area contributed by atoms with E-state index < -0.39 is 0 Å². The summed E-state index contributed by atoms with van der Waals surface area (Å²) < 4.78 is 5.41. The highest BCUT2D eigenvalue weighted by Gasteiger charge is 2.10. The number of hydrogen-bond acceptors (Lipinski definition) is 5. The Balaban J connectivity index is 1.93. The topological polar surface area (TPSA) is 69.7 Å². The molecule has 26 heavy (non-hydrogen) atoms. The first-order valence-electron chi connectivity index (χ1n) is 7.63. The maximum atomic E-state index is 9.56. The fourth-order valence-electron chi connectivity index (χ4n) is 2.29. The summed E-state index contributed by atoms with van der Waals surface area (Å²) in [6.07, 6.45) is 1.72. The zero-order valence-electron chi connectivity index (χ0n) is 13.5. The molecule has 0 fully saturated rings. The number of ether oxygens (including phenoxy) is 1. The molecular formula is C20H12ClN3OS. The van der Waals surface area contributed by atoms with E-state index >= 15 is 0 Å². The van der Waals surface area contributed by atoms with Gasteiger partial charge in [0.1, 0.15) is 22.9 Å². The minimum absolute atomic E-state index is 0.0509. The molecule has 1 heterocycles. The largest absolute Gasteiger partial charge is 0.478 e. The molecule has 3 rings (SSSR count). The highest BCUT2D eigenvalue weighted by molar-refractivity contribution is 7.11. The molecule has 0 saturated carbocycles. The van der Waals surface area contributed by atoms with E-state index in [-0.39, 0.29) is 6.61 Å². The predicted molar refractivity (Wildman–Crippen MR) is 104 cm³/mol. The van der Waals surface area contributed by atoms with Crippen LogP contribution in [-0.2, 0) is 0 Å². The van der Waals surface area contributed by atoms with E-state index in [1.165, 1.54) is 11.3 Å². The van der Waals surface area contributed by atoms with Crippen molar-refractivity contribution in [2.45, 2.75) is 0 Å². The SMILES string of the molecule is N#CCOc1ccccc1/C=C(\C#N)c1nc(-c2ccc(Cl)cc2)cs1. The number of hydrogen-bond donors (Lipinski definition) is 0. The van der Waals surface area contributed by atoms with Crippen LogP contribution in [0.2, 0.25) is 5.02 Å². The number of rotatable bonds is 5. The third-order valence-electron chi connectivity index (χ3n) is 3.51. The second-order valence-corrected chi connectivity index (χ2v) is 6.49.